The van der Waals surface area contributed by atoms with Gasteiger partial charge in [-0.3, -0.25) is 4.40 Å². The maximum absolute atomic E-state index is 14.3. The van der Waals surface area contributed by atoms with Crippen molar-refractivity contribution >= 4 is 5.65 Å². The first-order chi connectivity index (χ1) is 14.1. The van der Waals surface area contributed by atoms with Gasteiger partial charge in [0, 0.05) is 34.1 Å². The van der Waals surface area contributed by atoms with Crippen LogP contribution in [0.1, 0.15) is 17.0 Å². The molecule has 0 atom stereocenters. The van der Waals surface area contributed by atoms with Crippen LogP contribution in [0.5, 0.6) is 11.6 Å². The van der Waals surface area contributed by atoms with Gasteiger partial charge in [0.15, 0.2) is 5.65 Å². The summed E-state index contributed by atoms with van der Waals surface area (Å²) in [5.74, 6) is 0.863. The van der Waals surface area contributed by atoms with Gasteiger partial charge in [0.25, 0.3) is 0 Å². The molecule has 0 aliphatic rings. The largest absolute Gasteiger partial charge is 0.496 e. The summed E-state index contributed by atoms with van der Waals surface area (Å²) in [5, 5.41) is 8.39. The Morgan fingerprint density at radius 1 is 0.966 bits per heavy atom. The Balaban J connectivity index is 1.69. The number of nitrogens with zero attached hydrogens (tertiary/aromatic N) is 4. The van der Waals surface area contributed by atoms with Crippen LogP contribution in [0.2, 0.25) is 0 Å². The van der Waals surface area contributed by atoms with Gasteiger partial charge in [-0.05, 0) is 50.1 Å². The molecule has 0 aliphatic heterocycles. The van der Waals surface area contributed by atoms with Crippen molar-refractivity contribution in [2.45, 2.75) is 19.8 Å². The Hall–Kier alpha value is -3.48. The number of rotatable bonds is 6. The molecule has 148 valence electrons. The lowest BCUT2D eigenvalue weighted by Gasteiger charge is -2.12. The predicted molar refractivity (Wildman–Crippen MR) is 108 cm³/mol. The van der Waals surface area contributed by atoms with Crippen LogP contribution in [0, 0.1) is 12.7 Å². The zero-order valence-corrected chi connectivity index (χ0v) is 16.5. The molecule has 4 rings (SSSR count). The predicted octanol–water partition coefficient (Wildman–Crippen LogP) is 4.04. The molecule has 0 unspecified atom stereocenters. The van der Waals surface area contributed by atoms with Gasteiger partial charge in [0.05, 0.1) is 14.2 Å². The van der Waals surface area contributed by atoms with E-state index in [1.165, 1.54) is 6.07 Å². The van der Waals surface area contributed by atoms with Crippen molar-refractivity contribution in [3.05, 3.63) is 71.6 Å². The second-order valence-electron chi connectivity index (χ2n) is 6.67. The Labute approximate surface area is 168 Å². The van der Waals surface area contributed by atoms with Gasteiger partial charge in [-0.2, -0.15) is 0 Å². The van der Waals surface area contributed by atoms with Gasteiger partial charge < -0.3 is 9.47 Å². The molecule has 0 aliphatic carbocycles. The molecule has 4 aromatic rings. The van der Waals surface area contributed by atoms with E-state index in [4.69, 9.17) is 9.47 Å². The Morgan fingerprint density at radius 3 is 2.55 bits per heavy atom. The summed E-state index contributed by atoms with van der Waals surface area (Å²) in [6, 6.07) is 12.7. The molecular formula is C22H21FN4O2. The summed E-state index contributed by atoms with van der Waals surface area (Å²) >= 11 is 0. The molecule has 3 aromatic heterocycles. The van der Waals surface area contributed by atoms with Crippen molar-refractivity contribution in [1.29, 1.82) is 0 Å². The fourth-order valence-electron chi connectivity index (χ4n) is 3.54. The van der Waals surface area contributed by atoms with Crippen LogP contribution in [0.15, 0.2) is 48.8 Å². The molecule has 0 amide bonds. The van der Waals surface area contributed by atoms with E-state index in [0.29, 0.717) is 30.0 Å². The highest BCUT2D eigenvalue weighted by molar-refractivity contribution is 5.79. The maximum Gasteiger partial charge on any atom is 0.213 e. The average Bonchev–Trinajstić information content (AvgIpc) is 3.23. The van der Waals surface area contributed by atoms with Crippen LogP contribution in [0.25, 0.3) is 16.8 Å². The van der Waals surface area contributed by atoms with Crippen LogP contribution in [0.4, 0.5) is 4.39 Å². The van der Waals surface area contributed by atoms with Gasteiger partial charge in [0.1, 0.15) is 17.9 Å². The number of halogens is 1. The summed E-state index contributed by atoms with van der Waals surface area (Å²) in [5.41, 5.74) is 5.03. The third kappa shape index (κ3) is 3.51. The van der Waals surface area contributed by atoms with Crippen LogP contribution in [-0.2, 0) is 12.8 Å². The smallest absolute Gasteiger partial charge is 0.213 e. The molecule has 0 saturated heterocycles. The highest BCUT2D eigenvalue weighted by atomic mass is 19.1. The van der Waals surface area contributed by atoms with Gasteiger partial charge in [-0.15, -0.1) is 10.2 Å². The number of pyridine rings is 2. The van der Waals surface area contributed by atoms with Crippen molar-refractivity contribution in [1.82, 2.24) is 19.6 Å². The number of benzene rings is 1. The van der Waals surface area contributed by atoms with E-state index in [-0.39, 0.29) is 5.82 Å². The summed E-state index contributed by atoms with van der Waals surface area (Å²) in [4.78, 5) is 4.45. The number of hydrogen-bond donors (Lipinski definition) is 0. The van der Waals surface area contributed by atoms with E-state index in [1.807, 2.05) is 35.6 Å². The van der Waals surface area contributed by atoms with Crippen molar-refractivity contribution < 1.29 is 13.9 Å². The minimum absolute atomic E-state index is 0.263. The highest BCUT2D eigenvalue weighted by Crippen LogP contribution is 2.29. The number of hydrogen-bond acceptors (Lipinski definition) is 5. The summed E-state index contributed by atoms with van der Waals surface area (Å²) in [6.07, 6.45) is 2.80. The quantitative estimate of drug-likeness (QED) is 0.496. The lowest BCUT2D eigenvalue weighted by atomic mass is 10.0. The SMILES string of the molecule is COc1ccc(-c2ccc(CCc3c(F)cccc3OC)n3cnnc23)c(C)n1. The first-order valence-electron chi connectivity index (χ1n) is 9.27. The summed E-state index contributed by atoms with van der Waals surface area (Å²) in [7, 11) is 3.15. The van der Waals surface area contributed by atoms with Crippen molar-refractivity contribution in [2.24, 2.45) is 0 Å². The van der Waals surface area contributed by atoms with Crippen LogP contribution in [-0.4, -0.2) is 33.8 Å². The second kappa shape index (κ2) is 7.87. The van der Waals surface area contributed by atoms with E-state index < -0.39 is 0 Å². The molecule has 1 aromatic carbocycles. The molecule has 6 nitrogen and oxygen atoms in total. The van der Waals surface area contributed by atoms with Crippen LogP contribution >= 0.6 is 0 Å². The molecule has 29 heavy (non-hydrogen) atoms. The Morgan fingerprint density at radius 2 is 1.79 bits per heavy atom. The number of fused-ring (bicyclic) bond motifs is 1. The fraction of sp³-hybridized carbons (Fsp3) is 0.227. The zero-order chi connectivity index (χ0) is 20.4. The third-order valence-corrected chi connectivity index (χ3v) is 5.03. The topological polar surface area (TPSA) is 61.5 Å². The van der Waals surface area contributed by atoms with Gasteiger partial charge in [0.2, 0.25) is 5.88 Å². The molecule has 0 saturated carbocycles. The second-order valence-corrected chi connectivity index (χ2v) is 6.67. The van der Waals surface area contributed by atoms with E-state index in [0.717, 1.165) is 28.2 Å². The van der Waals surface area contributed by atoms with Crippen LogP contribution < -0.4 is 9.47 Å². The molecule has 0 fully saturated rings. The Bertz CT molecular complexity index is 1170. The standard InChI is InChI=1S/C22H21FN4O2/c1-14-16(11-12-21(25-14)29-3)17-9-7-15(27-13-24-26-22(17)27)8-10-18-19(23)5-4-6-20(18)28-2/h4-7,9,11-13H,8,10H2,1-3H3. The molecule has 7 heteroatoms. The van der Waals surface area contributed by atoms with Crippen LogP contribution in [0.3, 0.4) is 0 Å². The third-order valence-electron chi connectivity index (χ3n) is 5.03. The lowest BCUT2D eigenvalue weighted by molar-refractivity contribution is 0.397. The monoisotopic (exact) mass is 392 g/mol. The minimum atomic E-state index is -0.263. The lowest BCUT2D eigenvalue weighted by Crippen LogP contribution is -2.03. The van der Waals surface area contributed by atoms with Crippen molar-refractivity contribution in [3.8, 4) is 22.8 Å². The molecule has 0 spiro atoms. The summed E-state index contributed by atoms with van der Waals surface area (Å²) < 4.78 is 26.7. The summed E-state index contributed by atoms with van der Waals surface area (Å²) in [6.45, 7) is 1.93. The van der Waals surface area contributed by atoms with Crippen molar-refractivity contribution in [3.63, 3.8) is 0 Å². The van der Waals surface area contributed by atoms with Gasteiger partial charge >= 0.3 is 0 Å². The van der Waals surface area contributed by atoms with Crippen molar-refractivity contribution in [2.75, 3.05) is 14.2 Å². The number of methoxy groups -OCH3 is 2. The minimum Gasteiger partial charge on any atom is -0.496 e. The van der Waals surface area contributed by atoms with E-state index in [2.05, 4.69) is 15.2 Å². The highest BCUT2D eigenvalue weighted by Gasteiger charge is 2.15. The number of aryl methyl sites for hydroxylation is 2. The fourth-order valence-corrected chi connectivity index (χ4v) is 3.54. The molecule has 0 bridgehead atoms. The normalized spacial score (nSPS) is 11.0. The first-order valence-corrected chi connectivity index (χ1v) is 9.27. The number of aromatic nitrogens is 4. The van der Waals surface area contributed by atoms with Gasteiger partial charge in [-0.1, -0.05) is 6.07 Å². The molecule has 3 heterocycles. The average molecular weight is 392 g/mol. The molecule has 0 N–H and O–H groups in total. The molecular weight excluding hydrogens is 371 g/mol. The molecule has 0 radical (unpaired) electrons. The maximum atomic E-state index is 14.3. The Kier molecular flexibility index (Phi) is 5.12. The van der Waals surface area contributed by atoms with Gasteiger partial charge in [-0.25, -0.2) is 9.37 Å². The zero-order valence-electron chi connectivity index (χ0n) is 16.5. The first kappa shape index (κ1) is 18.9. The van der Waals surface area contributed by atoms with E-state index in [9.17, 15) is 4.39 Å². The van der Waals surface area contributed by atoms with E-state index in [1.54, 1.807) is 32.7 Å². The van der Waals surface area contributed by atoms with E-state index >= 15 is 0 Å². The number of ether oxygens (including phenoxy) is 2.